The number of phenolic OH excluding ortho intramolecular Hbond substituents is 1. The molecule has 3 heterocycles. The van der Waals surface area contributed by atoms with E-state index in [1.54, 1.807) is 32.2 Å². The summed E-state index contributed by atoms with van der Waals surface area (Å²) in [5.41, 5.74) is 0.820. The van der Waals surface area contributed by atoms with Crippen molar-refractivity contribution in [2.45, 2.75) is 44.5 Å². The van der Waals surface area contributed by atoms with Crippen LogP contribution in [0.5, 0.6) is 17.2 Å². The monoisotopic (exact) mass is 410 g/mol. The molecule has 2 aromatic carbocycles. The number of fused-ring (bicyclic) bond motifs is 5. The van der Waals surface area contributed by atoms with Crippen molar-refractivity contribution >= 4 is 21.9 Å². The van der Waals surface area contributed by atoms with Crippen LogP contribution < -0.4 is 14.9 Å². The Hall–Kier alpha value is -3.19. The van der Waals surface area contributed by atoms with E-state index in [0.717, 1.165) is 11.1 Å². The van der Waals surface area contributed by atoms with Crippen LogP contribution in [0.3, 0.4) is 0 Å². The Balaban J connectivity index is 1.80. The minimum Gasteiger partial charge on any atom is -0.507 e. The molecule has 0 saturated carbocycles. The summed E-state index contributed by atoms with van der Waals surface area (Å²) < 4.78 is 23.1. The van der Waals surface area contributed by atoms with Crippen molar-refractivity contribution in [2.75, 3.05) is 7.11 Å². The molecule has 2 N–H and O–H groups in total. The van der Waals surface area contributed by atoms with Crippen molar-refractivity contribution in [3.05, 3.63) is 51.9 Å². The summed E-state index contributed by atoms with van der Waals surface area (Å²) in [4.78, 5) is 13.5. The number of hydrogen-bond donors (Lipinski definition) is 2. The highest BCUT2D eigenvalue weighted by Gasteiger charge is 2.41. The van der Waals surface area contributed by atoms with Crippen molar-refractivity contribution in [1.82, 2.24) is 0 Å². The maximum absolute atomic E-state index is 13.5. The number of methoxy groups -OCH3 is 1. The molecule has 0 fully saturated rings. The summed E-state index contributed by atoms with van der Waals surface area (Å²) in [6.45, 7) is 3.44. The molecule has 156 valence electrons. The van der Waals surface area contributed by atoms with Crippen LogP contribution in [0.2, 0.25) is 0 Å². The number of rotatable bonds is 4. The zero-order valence-electron chi connectivity index (χ0n) is 16.9. The second kappa shape index (κ2) is 6.40. The summed E-state index contributed by atoms with van der Waals surface area (Å²) in [5.74, 6) is 0.566. The molecule has 0 unspecified atom stereocenters. The Morgan fingerprint density at radius 2 is 2.03 bits per heavy atom. The van der Waals surface area contributed by atoms with Crippen LogP contribution in [0.4, 0.5) is 0 Å². The molecular weight excluding hydrogens is 388 g/mol. The Morgan fingerprint density at radius 1 is 1.23 bits per heavy atom. The van der Waals surface area contributed by atoms with Gasteiger partial charge in [0.25, 0.3) is 6.29 Å². The quantitative estimate of drug-likeness (QED) is 0.633. The third kappa shape index (κ3) is 2.73. The Kier molecular flexibility index (Phi) is 4.02. The fraction of sp³-hybridized carbons (Fsp3) is 0.348. The number of hydrogen-bond acceptors (Lipinski definition) is 7. The van der Waals surface area contributed by atoms with Gasteiger partial charge in [0.05, 0.1) is 30.5 Å². The minimum absolute atomic E-state index is 0.0997. The maximum atomic E-state index is 13.5. The van der Waals surface area contributed by atoms with Gasteiger partial charge in [0.2, 0.25) is 5.43 Å². The second-order valence-electron chi connectivity index (χ2n) is 8.36. The summed E-state index contributed by atoms with van der Waals surface area (Å²) in [6.07, 6.45) is 3.89. The molecule has 5 rings (SSSR count). The zero-order valence-corrected chi connectivity index (χ0v) is 16.9. The average molecular weight is 410 g/mol. The van der Waals surface area contributed by atoms with Gasteiger partial charge in [0, 0.05) is 6.07 Å². The van der Waals surface area contributed by atoms with Crippen molar-refractivity contribution in [3.8, 4) is 17.2 Å². The van der Waals surface area contributed by atoms with E-state index in [1.807, 2.05) is 6.08 Å². The van der Waals surface area contributed by atoms with E-state index in [2.05, 4.69) is 0 Å². The van der Waals surface area contributed by atoms with E-state index in [9.17, 15) is 15.0 Å². The first kappa shape index (κ1) is 18.8. The number of aryl methyl sites for hydroxylation is 1. The molecule has 0 saturated heterocycles. The highest BCUT2D eigenvalue weighted by atomic mass is 16.7. The van der Waals surface area contributed by atoms with Crippen LogP contribution in [-0.4, -0.2) is 29.2 Å². The molecule has 30 heavy (non-hydrogen) atoms. The van der Waals surface area contributed by atoms with Gasteiger partial charge in [-0.05, 0) is 44.4 Å². The van der Waals surface area contributed by atoms with Crippen LogP contribution in [0.15, 0.2) is 39.7 Å². The number of aliphatic hydroxyl groups is 1. The largest absolute Gasteiger partial charge is 0.507 e. The molecule has 0 amide bonds. The van der Waals surface area contributed by atoms with Gasteiger partial charge in [0.15, 0.2) is 0 Å². The maximum Gasteiger partial charge on any atom is 0.250 e. The average Bonchev–Trinajstić information content (AvgIpc) is 3.26. The number of ether oxygens (including phenoxy) is 3. The Morgan fingerprint density at radius 3 is 2.77 bits per heavy atom. The molecule has 0 radical (unpaired) electrons. The van der Waals surface area contributed by atoms with Gasteiger partial charge in [-0.15, -0.1) is 0 Å². The van der Waals surface area contributed by atoms with Crippen molar-refractivity contribution in [3.63, 3.8) is 0 Å². The van der Waals surface area contributed by atoms with Gasteiger partial charge in [-0.2, -0.15) is 0 Å². The molecule has 2 aliphatic rings. The molecule has 0 spiro atoms. The lowest BCUT2D eigenvalue weighted by molar-refractivity contribution is -0.00481. The van der Waals surface area contributed by atoms with Crippen LogP contribution in [0.1, 0.15) is 37.3 Å². The van der Waals surface area contributed by atoms with Crippen LogP contribution in [0, 0.1) is 0 Å². The standard InChI is InChI=1S/C23H22O7/c1-23(2,26)8-6-11-4-5-13(24)17-19(25)18-15(29-20(11)17)10-14-16(21(18)27-3)12-7-9-28-22(12)30-14/h4-5,7,9-10,12,22,24,26H,6,8H2,1-3H3/t12-,22-/m0/s1. The fourth-order valence-corrected chi connectivity index (χ4v) is 4.21. The SMILES string of the molecule is COc1c2c(cc3oc4c(CCC(C)(C)O)ccc(O)c4c(=O)c13)O[C@@H]1OC=C[C@@H]21. The van der Waals surface area contributed by atoms with Crippen molar-refractivity contribution < 1.29 is 28.8 Å². The normalized spacial score (nSPS) is 19.6. The third-order valence-corrected chi connectivity index (χ3v) is 5.71. The predicted molar refractivity (Wildman–Crippen MR) is 110 cm³/mol. The molecule has 0 aliphatic carbocycles. The summed E-state index contributed by atoms with van der Waals surface area (Å²) in [7, 11) is 1.49. The summed E-state index contributed by atoms with van der Waals surface area (Å²) in [6, 6.07) is 4.87. The van der Waals surface area contributed by atoms with Gasteiger partial charge in [0.1, 0.15) is 39.2 Å². The lowest BCUT2D eigenvalue weighted by Crippen LogP contribution is -2.19. The first-order chi connectivity index (χ1) is 14.3. The smallest absolute Gasteiger partial charge is 0.250 e. The molecule has 0 bridgehead atoms. The summed E-state index contributed by atoms with van der Waals surface area (Å²) in [5, 5.41) is 20.9. The van der Waals surface area contributed by atoms with Gasteiger partial charge in [-0.1, -0.05) is 6.07 Å². The lowest BCUT2D eigenvalue weighted by atomic mass is 9.95. The fourth-order valence-electron chi connectivity index (χ4n) is 4.21. The van der Waals surface area contributed by atoms with Crippen LogP contribution in [-0.2, 0) is 11.2 Å². The van der Waals surface area contributed by atoms with Crippen LogP contribution in [0.25, 0.3) is 21.9 Å². The molecular formula is C23H22O7. The minimum atomic E-state index is -0.870. The molecule has 7 nitrogen and oxygen atoms in total. The first-order valence-electron chi connectivity index (χ1n) is 9.82. The number of benzene rings is 2. The molecule has 7 heteroatoms. The number of aromatic hydroxyl groups is 1. The van der Waals surface area contributed by atoms with E-state index in [1.165, 1.54) is 13.2 Å². The predicted octanol–water partition coefficient (Wildman–Crippen LogP) is 3.71. The second-order valence-corrected chi connectivity index (χ2v) is 8.36. The van der Waals surface area contributed by atoms with Gasteiger partial charge >= 0.3 is 0 Å². The topological polar surface area (TPSA) is 98.4 Å². The molecule has 2 aliphatic heterocycles. The van der Waals surface area contributed by atoms with Crippen molar-refractivity contribution in [2.24, 2.45) is 0 Å². The van der Waals surface area contributed by atoms with Gasteiger partial charge in [-0.3, -0.25) is 4.79 Å². The Labute approximate surface area is 172 Å². The summed E-state index contributed by atoms with van der Waals surface area (Å²) >= 11 is 0. The highest BCUT2D eigenvalue weighted by molar-refractivity contribution is 5.98. The first-order valence-corrected chi connectivity index (χ1v) is 9.82. The van der Waals surface area contributed by atoms with E-state index in [0.29, 0.717) is 35.5 Å². The molecule has 3 aromatic rings. The van der Waals surface area contributed by atoms with E-state index < -0.39 is 11.9 Å². The molecule has 1 aromatic heterocycles. The van der Waals surface area contributed by atoms with Crippen molar-refractivity contribution in [1.29, 1.82) is 0 Å². The Bertz CT molecular complexity index is 1260. The van der Waals surface area contributed by atoms with Crippen LogP contribution >= 0.6 is 0 Å². The van der Waals surface area contributed by atoms with E-state index >= 15 is 0 Å². The lowest BCUT2D eigenvalue weighted by Gasteiger charge is -2.17. The third-order valence-electron chi connectivity index (χ3n) is 5.71. The number of phenols is 1. The van der Waals surface area contributed by atoms with Gasteiger partial charge in [-0.25, -0.2) is 0 Å². The van der Waals surface area contributed by atoms with E-state index in [-0.39, 0.29) is 27.9 Å². The van der Waals surface area contributed by atoms with E-state index in [4.69, 9.17) is 18.6 Å². The highest BCUT2D eigenvalue weighted by Crippen LogP contribution is 2.50. The van der Waals surface area contributed by atoms with Gasteiger partial charge < -0.3 is 28.8 Å². The molecule has 2 atom stereocenters. The zero-order chi connectivity index (χ0) is 21.2.